The molecule has 0 aliphatic heterocycles. The number of amides is 1. The van der Waals surface area contributed by atoms with Gasteiger partial charge in [0.15, 0.2) is 11.5 Å². The third-order valence-electron chi connectivity index (χ3n) is 3.98. The zero-order valence-corrected chi connectivity index (χ0v) is 15.6. The van der Waals surface area contributed by atoms with Crippen LogP contribution in [0.3, 0.4) is 0 Å². The molecule has 0 fully saturated rings. The molecule has 6 nitrogen and oxygen atoms in total. The van der Waals surface area contributed by atoms with Crippen molar-refractivity contribution in [1.82, 2.24) is 10.2 Å². The quantitative estimate of drug-likeness (QED) is 0.676. The number of hydrogen-bond donors (Lipinski definition) is 2. The van der Waals surface area contributed by atoms with E-state index in [1.54, 1.807) is 24.3 Å². The van der Waals surface area contributed by atoms with Gasteiger partial charge < -0.3 is 15.4 Å². The molecule has 138 valence electrons. The van der Waals surface area contributed by atoms with E-state index < -0.39 is 0 Å². The van der Waals surface area contributed by atoms with Crippen molar-refractivity contribution in [2.75, 3.05) is 17.2 Å². The van der Waals surface area contributed by atoms with Crippen molar-refractivity contribution in [3.63, 3.8) is 0 Å². The van der Waals surface area contributed by atoms with Gasteiger partial charge >= 0.3 is 0 Å². The summed E-state index contributed by atoms with van der Waals surface area (Å²) in [4.78, 5) is 12.3. The highest BCUT2D eigenvalue weighted by atomic mass is 16.5. The molecule has 0 atom stereocenters. The van der Waals surface area contributed by atoms with Crippen LogP contribution < -0.4 is 15.4 Å². The highest BCUT2D eigenvalue weighted by Gasteiger charge is 2.09. The van der Waals surface area contributed by atoms with Crippen LogP contribution in [0.1, 0.15) is 28.5 Å². The predicted molar refractivity (Wildman–Crippen MR) is 107 cm³/mol. The van der Waals surface area contributed by atoms with E-state index in [9.17, 15) is 4.79 Å². The maximum Gasteiger partial charge on any atom is 0.276 e. The molecule has 0 aliphatic carbocycles. The van der Waals surface area contributed by atoms with E-state index in [4.69, 9.17) is 4.74 Å². The summed E-state index contributed by atoms with van der Waals surface area (Å²) in [5.74, 6) is 1.03. The van der Waals surface area contributed by atoms with Crippen molar-refractivity contribution in [1.29, 1.82) is 0 Å². The molecule has 1 amide bonds. The lowest BCUT2D eigenvalue weighted by atomic mass is 10.1. The van der Waals surface area contributed by atoms with Crippen LogP contribution in [-0.2, 0) is 0 Å². The topological polar surface area (TPSA) is 76.1 Å². The lowest BCUT2D eigenvalue weighted by molar-refractivity contribution is 0.102. The van der Waals surface area contributed by atoms with Gasteiger partial charge in [0.25, 0.3) is 5.91 Å². The van der Waals surface area contributed by atoms with E-state index in [0.29, 0.717) is 18.1 Å². The van der Waals surface area contributed by atoms with Gasteiger partial charge in [-0.3, -0.25) is 4.79 Å². The van der Waals surface area contributed by atoms with Crippen LogP contribution in [0.4, 0.5) is 17.2 Å². The van der Waals surface area contributed by atoms with Crippen molar-refractivity contribution < 1.29 is 9.53 Å². The third-order valence-corrected chi connectivity index (χ3v) is 3.98. The molecule has 27 heavy (non-hydrogen) atoms. The van der Waals surface area contributed by atoms with Crippen LogP contribution in [0.25, 0.3) is 0 Å². The number of carbonyl (C=O) groups excluding carboxylic acids is 1. The van der Waals surface area contributed by atoms with Crippen molar-refractivity contribution >= 4 is 23.1 Å². The molecule has 0 spiro atoms. The van der Waals surface area contributed by atoms with Crippen LogP contribution in [0.15, 0.2) is 54.6 Å². The molecule has 0 bridgehead atoms. The Balaban J connectivity index is 1.65. The monoisotopic (exact) mass is 362 g/mol. The van der Waals surface area contributed by atoms with Gasteiger partial charge in [-0.25, -0.2) is 0 Å². The maximum absolute atomic E-state index is 12.3. The van der Waals surface area contributed by atoms with Gasteiger partial charge in [-0.1, -0.05) is 12.1 Å². The number of benzene rings is 2. The normalized spacial score (nSPS) is 10.3. The second-order valence-electron chi connectivity index (χ2n) is 6.16. The molecule has 1 heterocycles. The van der Waals surface area contributed by atoms with E-state index >= 15 is 0 Å². The van der Waals surface area contributed by atoms with Crippen molar-refractivity contribution in [2.45, 2.75) is 20.8 Å². The lowest BCUT2D eigenvalue weighted by Crippen LogP contribution is -2.14. The highest BCUT2D eigenvalue weighted by Crippen LogP contribution is 2.20. The van der Waals surface area contributed by atoms with Gasteiger partial charge in [0, 0.05) is 11.4 Å². The number of anilines is 3. The number of hydrogen-bond acceptors (Lipinski definition) is 5. The number of nitrogens with zero attached hydrogens (tertiary/aromatic N) is 2. The SMILES string of the molecule is CCOc1ccc(NC(=O)c2ccc(Nc3cc(C)ccc3C)nn2)cc1. The van der Waals surface area contributed by atoms with Crippen LogP contribution >= 0.6 is 0 Å². The van der Waals surface area contributed by atoms with E-state index in [0.717, 1.165) is 22.6 Å². The Labute approximate surface area is 158 Å². The molecule has 0 unspecified atom stereocenters. The van der Waals surface area contributed by atoms with Gasteiger partial charge in [-0.05, 0) is 74.4 Å². The molecule has 2 N–H and O–H groups in total. The minimum absolute atomic E-state index is 0.246. The fourth-order valence-corrected chi connectivity index (χ4v) is 2.52. The summed E-state index contributed by atoms with van der Waals surface area (Å²) in [7, 11) is 0. The van der Waals surface area contributed by atoms with Gasteiger partial charge in [0.05, 0.1) is 6.61 Å². The molecule has 3 rings (SSSR count). The largest absolute Gasteiger partial charge is 0.494 e. The van der Waals surface area contributed by atoms with E-state index in [1.165, 1.54) is 0 Å². The third kappa shape index (κ3) is 4.82. The number of carbonyl (C=O) groups is 1. The summed E-state index contributed by atoms with van der Waals surface area (Å²) in [6, 6.07) is 16.7. The first-order valence-corrected chi connectivity index (χ1v) is 8.77. The van der Waals surface area contributed by atoms with E-state index in [-0.39, 0.29) is 11.6 Å². The van der Waals surface area contributed by atoms with Crippen LogP contribution in [0.2, 0.25) is 0 Å². The summed E-state index contributed by atoms with van der Waals surface area (Å²) in [5, 5.41) is 14.1. The second kappa shape index (κ2) is 8.31. The van der Waals surface area contributed by atoms with Gasteiger partial charge in [0.1, 0.15) is 5.75 Å². The first-order chi connectivity index (χ1) is 13.0. The summed E-state index contributed by atoms with van der Waals surface area (Å²) >= 11 is 0. The summed E-state index contributed by atoms with van der Waals surface area (Å²) in [6.45, 7) is 6.58. The molecule has 0 saturated carbocycles. The number of aromatic nitrogens is 2. The molecule has 0 radical (unpaired) electrons. The average Bonchev–Trinajstić information content (AvgIpc) is 2.67. The lowest BCUT2D eigenvalue weighted by Gasteiger charge is -2.10. The molecule has 6 heteroatoms. The fourth-order valence-electron chi connectivity index (χ4n) is 2.52. The predicted octanol–water partition coefficient (Wildman–Crippen LogP) is 4.49. The Bertz CT molecular complexity index is 922. The number of aryl methyl sites for hydroxylation is 2. The van der Waals surface area contributed by atoms with Gasteiger partial charge in [0.2, 0.25) is 0 Å². The molecule has 0 saturated heterocycles. The number of nitrogens with one attached hydrogen (secondary N) is 2. The molecule has 1 aromatic heterocycles. The summed E-state index contributed by atoms with van der Waals surface area (Å²) in [5.41, 5.74) is 4.15. The van der Waals surface area contributed by atoms with Crippen LogP contribution in [-0.4, -0.2) is 22.7 Å². The standard InChI is InChI=1S/C21H22N4O2/c1-4-27-17-9-7-16(8-10-17)22-21(26)18-11-12-20(25-24-18)23-19-13-14(2)5-6-15(19)3/h5-13H,4H2,1-3H3,(H,22,26)(H,23,25). The Morgan fingerprint density at radius 3 is 2.44 bits per heavy atom. The molecule has 3 aromatic rings. The van der Waals surface area contributed by atoms with Crippen molar-refractivity contribution in [3.05, 3.63) is 71.4 Å². The minimum atomic E-state index is -0.315. The maximum atomic E-state index is 12.3. The first-order valence-electron chi connectivity index (χ1n) is 8.77. The van der Waals surface area contributed by atoms with Crippen LogP contribution in [0.5, 0.6) is 5.75 Å². The highest BCUT2D eigenvalue weighted by molar-refractivity contribution is 6.02. The Morgan fingerprint density at radius 1 is 1.00 bits per heavy atom. The van der Waals surface area contributed by atoms with Crippen LogP contribution in [0, 0.1) is 13.8 Å². The minimum Gasteiger partial charge on any atom is -0.494 e. The average molecular weight is 362 g/mol. The zero-order chi connectivity index (χ0) is 19.2. The molecule has 0 aliphatic rings. The van der Waals surface area contributed by atoms with Gasteiger partial charge in [-0.15, -0.1) is 10.2 Å². The number of ether oxygens (including phenoxy) is 1. The summed E-state index contributed by atoms with van der Waals surface area (Å²) < 4.78 is 5.39. The molecular weight excluding hydrogens is 340 g/mol. The number of rotatable bonds is 6. The first kappa shape index (κ1) is 18.4. The Kier molecular flexibility index (Phi) is 5.66. The van der Waals surface area contributed by atoms with E-state index in [2.05, 4.69) is 26.9 Å². The van der Waals surface area contributed by atoms with Gasteiger partial charge in [-0.2, -0.15) is 0 Å². The molecular formula is C21H22N4O2. The summed E-state index contributed by atoms with van der Waals surface area (Å²) in [6.07, 6.45) is 0. The fraction of sp³-hybridized carbons (Fsp3) is 0.190. The Morgan fingerprint density at radius 2 is 1.78 bits per heavy atom. The zero-order valence-electron chi connectivity index (χ0n) is 15.6. The smallest absolute Gasteiger partial charge is 0.276 e. The van der Waals surface area contributed by atoms with E-state index in [1.807, 2.05) is 45.0 Å². The van der Waals surface area contributed by atoms with Crippen molar-refractivity contribution in [3.8, 4) is 5.75 Å². The molecule has 2 aromatic carbocycles. The second-order valence-corrected chi connectivity index (χ2v) is 6.16. The van der Waals surface area contributed by atoms with Crippen molar-refractivity contribution in [2.24, 2.45) is 0 Å². The Hall–Kier alpha value is -3.41.